The zero-order valence-corrected chi connectivity index (χ0v) is 13.2. The van der Waals surface area contributed by atoms with Gasteiger partial charge in [0.25, 0.3) is 0 Å². The van der Waals surface area contributed by atoms with E-state index in [1.54, 1.807) is 0 Å². The van der Waals surface area contributed by atoms with Crippen LogP contribution in [-0.2, 0) is 6.54 Å². The van der Waals surface area contributed by atoms with Crippen molar-refractivity contribution in [2.24, 2.45) is 0 Å². The van der Waals surface area contributed by atoms with E-state index in [0.29, 0.717) is 23.1 Å². The van der Waals surface area contributed by atoms with Gasteiger partial charge in [0.2, 0.25) is 6.79 Å². The molecule has 1 aliphatic heterocycles. The van der Waals surface area contributed by atoms with Crippen LogP contribution < -0.4 is 14.8 Å². The van der Waals surface area contributed by atoms with Crippen LogP contribution in [0.3, 0.4) is 0 Å². The molecule has 0 fully saturated rings. The van der Waals surface area contributed by atoms with Crippen LogP contribution >= 0.6 is 27.5 Å². The van der Waals surface area contributed by atoms with E-state index in [1.807, 2.05) is 18.2 Å². The Morgan fingerprint density at radius 1 is 1.25 bits per heavy atom. The number of rotatable bonds is 3. The van der Waals surface area contributed by atoms with Crippen molar-refractivity contribution < 1.29 is 9.47 Å². The van der Waals surface area contributed by atoms with Gasteiger partial charge < -0.3 is 14.8 Å². The van der Waals surface area contributed by atoms with E-state index < -0.39 is 0 Å². The van der Waals surface area contributed by atoms with Crippen LogP contribution in [0.5, 0.6) is 11.5 Å². The van der Waals surface area contributed by atoms with Crippen LogP contribution in [-0.4, -0.2) is 6.79 Å². The third kappa shape index (κ3) is 2.72. The number of ether oxygens (including phenoxy) is 2. The summed E-state index contributed by atoms with van der Waals surface area (Å²) in [7, 11) is 0. The van der Waals surface area contributed by atoms with E-state index in [0.717, 1.165) is 15.7 Å². The fraction of sp³-hybridized carbons (Fsp3) is 0.200. The summed E-state index contributed by atoms with van der Waals surface area (Å²) < 4.78 is 11.7. The Labute approximate surface area is 131 Å². The van der Waals surface area contributed by atoms with Crippen molar-refractivity contribution in [3.8, 4) is 11.5 Å². The molecule has 0 saturated heterocycles. The highest BCUT2D eigenvalue weighted by Gasteiger charge is 2.18. The molecule has 20 heavy (non-hydrogen) atoms. The Balaban J connectivity index is 1.79. The van der Waals surface area contributed by atoms with E-state index in [-0.39, 0.29) is 6.79 Å². The molecule has 0 amide bonds. The summed E-state index contributed by atoms with van der Waals surface area (Å²) in [5.41, 5.74) is 3.34. The van der Waals surface area contributed by atoms with Crippen molar-refractivity contribution in [1.82, 2.24) is 0 Å². The van der Waals surface area contributed by atoms with E-state index in [1.165, 1.54) is 5.56 Å². The summed E-state index contributed by atoms with van der Waals surface area (Å²) in [5.74, 6) is 1.34. The van der Waals surface area contributed by atoms with Gasteiger partial charge in [-0.05, 0) is 42.3 Å². The van der Waals surface area contributed by atoms with Gasteiger partial charge in [0.05, 0.1) is 5.02 Å². The monoisotopic (exact) mass is 353 g/mol. The number of halogens is 2. The fourth-order valence-electron chi connectivity index (χ4n) is 2.10. The van der Waals surface area contributed by atoms with Crippen molar-refractivity contribution >= 4 is 33.2 Å². The number of fused-ring (bicyclic) bond motifs is 1. The quantitative estimate of drug-likeness (QED) is 0.862. The third-order valence-corrected chi connectivity index (χ3v) is 3.94. The number of anilines is 1. The molecule has 104 valence electrons. The Bertz CT molecular complexity index is 661. The first-order valence-corrected chi connectivity index (χ1v) is 7.38. The standard InChI is InChI=1S/C15H13BrClNO2/c1-9-2-3-11(16)6-13(9)18-7-10-4-12(17)15-14(5-10)19-8-20-15/h2-6,18H,7-8H2,1H3. The van der Waals surface area contributed by atoms with E-state index in [9.17, 15) is 0 Å². The van der Waals surface area contributed by atoms with Crippen molar-refractivity contribution in [3.63, 3.8) is 0 Å². The van der Waals surface area contributed by atoms with Crippen molar-refractivity contribution in [2.45, 2.75) is 13.5 Å². The van der Waals surface area contributed by atoms with Gasteiger partial charge in [0, 0.05) is 16.7 Å². The molecule has 0 aromatic heterocycles. The Morgan fingerprint density at radius 3 is 2.95 bits per heavy atom. The Morgan fingerprint density at radius 2 is 2.10 bits per heavy atom. The minimum absolute atomic E-state index is 0.233. The van der Waals surface area contributed by atoms with Crippen LogP contribution in [0.1, 0.15) is 11.1 Å². The average Bonchev–Trinajstić information content (AvgIpc) is 2.89. The zero-order chi connectivity index (χ0) is 14.1. The predicted molar refractivity (Wildman–Crippen MR) is 83.8 cm³/mol. The summed E-state index contributed by atoms with van der Waals surface area (Å²) in [6.45, 7) is 2.98. The van der Waals surface area contributed by atoms with E-state index in [4.69, 9.17) is 21.1 Å². The molecular formula is C15H13BrClNO2. The number of hydrogen-bond acceptors (Lipinski definition) is 3. The molecule has 1 aliphatic rings. The molecule has 5 heteroatoms. The van der Waals surface area contributed by atoms with Gasteiger partial charge in [-0.15, -0.1) is 0 Å². The van der Waals surface area contributed by atoms with Gasteiger partial charge in [-0.2, -0.15) is 0 Å². The second kappa shape index (κ2) is 5.54. The predicted octanol–water partition coefficient (Wildman–Crippen LogP) is 4.75. The fourth-order valence-corrected chi connectivity index (χ4v) is 2.75. The number of hydrogen-bond donors (Lipinski definition) is 1. The van der Waals surface area contributed by atoms with Gasteiger partial charge in [-0.1, -0.05) is 33.6 Å². The lowest BCUT2D eigenvalue weighted by atomic mass is 10.1. The van der Waals surface area contributed by atoms with Crippen molar-refractivity contribution in [1.29, 1.82) is 0 Å². The molecule has 3 nitrogen and oxygen atoms in total. The Hall–Kier alpha value is -1.39. The molecular weight excluding hydrogens is 342 g/mol. The molecule has 0 bridgehead atoms. The molecule has 2 aromatic carbocycles. The average molecular weight is 355 g/mol. The lowest BCUT2D eigenvalue weighted by Gasteiger charge is -2.11. The smallest absolute Gasteiger partial charge is 0.231 e. The maximum atomic E-state index is 6.17. The molecule has 2 aromatic rings. The molecule has 0 radical (unpaired) electrons. The molecule has 1 N–H and O–H groups in total. The lowest BCUT2D eigenvalue weighted by Crippen LogP contribution is -2.01. The SMILES string of the molecule is Cc1ccc(Br)cc1NCc1cc(Cl)c2c(c1)OCO2. The summed E-state index contributed by atoms with van der Waals surface area (Å²) in [4.78, 5) is 0. The van der Waals surface area contributed by atoms with E-state index >= 15 is 0 Å². The molecule has 0 aliphatic carbocycles. The highest BCUT2D eigenvalue weighted by atomic mass is 79.9. The van der Waals surface area contributed by atoms with Gasteiger partial charge in [0.1, 0.15) is 0 Å². The summed E-state index contributed by atoms with van der Waals surface area (Å²) in [6, 6.07) is 10.0. The second-order valence-electron chi connectivity index (χ2n) is 4.62. The minimum Gasteiger partial charge on any atom is -0.454 e. The van der Waals surface area contributed by atoms with Crippen molar-refractivity contribution in [2.75, 3.05) is 12.1 Å². The molecule has 3 rings (SSSR count). The van der Waals surface area contributed by atoms with Gasteiger partial charge in [-0.3, -0.25) is 0 Å². The largest absolute Gasteiger partial charge is 0.454 e. The first-order chi connectivity index (χ1) is 9.63. The number of aryl methyl sites for hydroxylation is 1. The van der Waals surface area contributed by atoms with Crippen molar-refractivity contribution in [3.05, 3.63) is 51.0 Å². The molecule has 1 heterocycles. The minimum atomic E-state index is 0.233. The summed E-state index contributed by atoms with van der Waals surface area (Å²) in [6.07, 6.45) is 0. The van der Waals surface area contributed by atoms with Crippen LogP contribution in [0, 0.1) is 6.92 Å². The molecule has 0 saturated carbocycles. The van der Waals surface area contributed by atoms with Crippen LogP contribution in [0.15, 0.2) is 34.8 Å². The summed E-state index contributed by atoms with van der Waals surface area (Å²) >= 11 is 9.65. The normalized spacial score (nSPS) is 12.6. The third-order valence-electron chi connectivity index (χ3n) is 3.17. The highest BCUT2D eigenvalue weighted by molar-refractivity contribution is 9.10. The van der Waals surface area contributed by atoms with Gasteiger partial charge >= 0.3 is 0 Å². The Kier molecular flexibility index (Phi) is 3.76. The lowest BCUT2D eigenvalue weighted by molar-refractivity contribution is 0.174. The van der Waals surface area contributed by atoms with Crippen LogP contribution in [0.4, 0.5) is 5.69 Å². The van der Waals surface area contributed by atoms with Gasteiger partial charge in [-0.25, -0.2) is 0 Å². The summed E-state index contributed by atoms with van der Waals surface area (Å²) in [5, 5.41) is 3.99. The molecule has 0 atom stereocenters. The highest BCUT2D eigenvalue weighted by Crippen LogP contribution is 2.39. The van der Waals surface area contributed by atoms with Crippen LogP contribution in [0.25, 0.3) is 0 Å². The first kappa shape index (κ1) is 13.6. The maximum Gasteiger partial charge on any atom is 0.231 e. The maximum absolute atomic E-state index is 6.17. The van der Waals surface area contributed by atoms with Gasteiger partial charge in [0.15, 0.2) is 11.5 Å². The number of benzene rings is 2. The topological polar surface area (TPSA) is 30.5 Å². The van der Waals surface area contributed by atoms with Crippen LogP contribution in [0.2, 0.25) is 5.02 Å². The number of nitrogens with one attached hydrogen (secondary N) is 1. The van der Waals surface area contributed by atoms with E-state index in [2.05, 4.69) is 40.3 Å². The molecule has 0 spiro atoms. The zero-order valence-electron chi connectivity index (χ0n) is 10.9. The molecule has 0 unspecified atom stereocenters. The second-order valence-corrected chi connectivity index (χ2v) is 5.95. The first-order valence-electron chi connectivity index (χ1n) is 6.21.